The number of nitrogens with zero attached hydrogens (tertiary/aromatic N) is 4. The van der Waals surface area contributed by atoms with Crippen LogP contribution in [0.15, 0.2) is 57.9 Å². The summed E-state index contributed by atoms with van der Waals surface area (Å²) in [5.74, 6) is 1.96. The molecule has 8 nitrogen and oxygen atoms in total. The minimum atomic E-state index is -3.18. The Morgan fingerprint density at radius 2 is 1.62 bits per heavy atom. The summed E-state index contributed by atoms with van der Waals surface area (Å²) in [5.41, 5.74) is 1.98. The van der Waals surface area contributed by atoms with E-state index in [1.807, 2.05) is 50.5 Å². The predicted molar refractivity (Wildman–Crippen MR) is 124 cm³/mol. The second-order valence-electron chi connectivity index (χ2n) is 8.33. The predicted octanol–water partition coefficient (Wildman–Crippen LogP) is 3.50. The van der Waals surface area contributed by atoms with Crippen LogP contribution in [0, 0.1) is 5.92 Å². The van der Waals surface area contributed by atoms with Gasteiger partial charge in [0, 0.05) is 33.4 Å². The third-order valence-corrected chi connectivity index (χ3v) is 6.77. The Bertz CT molecular complexity index is 1130. The van der Waals surface area contributed by atoms with Gasteiger partial charge in [-0.05, 0) is 59.3 Å². The first-order chi connectivity index (χ1) is 15.3. The smallest absolute Gasteiger partial charge is 0.325 e. The van der Waals surface area contributed by atoms with E-state index in [0.717, 1.165) is 42.8 Å². The molecule has 1 fully saturated rings. The zero-order chi connectivity index (χ0) is 22.7. The summed E-state index contributed by atoms with van der Waals surface area (Å²) in [6.07, 6.45) is 3.23. The highest BCUT2D eigenvalue weighted by Crippen LogP contribution is 2.26. The van der Waals surface area contributed by atoms with Gasteiger partial charge in [0.15, 0.2) is 9.84 Å². The molecular formula is C23H28N4O4S. The molecule has 0 N–H and O–H groups in total. The summed E-state index contributed by atoms with van der Waals surface area (Å²) in [6.45, 7) is 2.43. The van der Waals surface area contributed by atoms with Crippen LogP contribution in [0.4, 0.5) is 12.0 Å². The van der Waals surface area contributed by atoms with Gasteiger partial charge in [0.25, 0.3) is 5.95 Å². The third-order valence-electron chi connectivity index (χ3n) is 5.64. The Hall–Kier alpha value is -3.07. The Kier molecular flexibility index (Phi) is 6.36. The fraction of sp³-hybridized carbons (Fsp3) is 0.391. The largest absolute Gasteiger partial charge is 0.493 e. The van der Waals surface area contributed by atoms with Crippen LogP contribution >= 0.6 is 0 Å². The van der Waals surface area contributed by atoms with E-state index >= 15 is 0 Å². The SMILES string of the molecule is CN(C)c1nc(N2CCC(COc3ccc(-c4ccc(S(C)(=O)=O)cc4)cc3)CC2)no1. The molecule has 0 unspecified atom stereocenters. The van der Waals surface area contributed by atoms with E-state index in [0.29, 0.717) is 29.4 Å². The lowest BCUT2D eigenvalue weighted by Crippen LogP contribution is -2.36. The van der Waals surface area contributed by atoms with Crippen molar-refractivity contribution in [3.8, 4) is 16.9 Å². The second-order valence-corrected chi connectivity index (χ2v) is 10.3. The van der Waals surface area contributed by atoms with Crippen molar-refractivity contribution in [2.24, 2.45) is 5.92 Å². The summed E-state index contributed by atoms with van der Waals surface area (Å²) in [6, 6.07) is 15.3. The third kappa shape index (κ3) is 5.21. The van der Waals surface area contributed by atoms with Gasteiger partial charge in [-0.1, -0.05) is 24.3 Å². The van der Waals surface area contributed by atoms with E-state index in [9.17, 15) is 8.42 Å². The molecule has 1 aromatic heterocycles. The van der Waals surface area contributed by atoms with Crippen molar-refractivity contribution in [2.75, 3.05) is 49.8 Å². The summed E-state index contributed by atoms with van der Waals surface area (Å²) in [5, 5.41) is 4.07. The summed E-state index contributed by atoms with van der Waals surface area (Å²) < 4.78 is 34.5. The summed E-state index contributed by atoms with van der Waals surface area (Å²) >= 11 is 0. The van der Waals surface area contributed by atoms with Gasteiger partial charge in [-0.2, -0.15) is 4.98 Å². The number of sulfone groups is 1. The van der Waals surface area contributed by atoms with E-state index in [4.69, 9.17) is 9.26 Å². The highest BCUT2D eigenvalue weighted by Gasteiger charge is 2.23. The van der Waals surface area contributed by atoms with Gasteiger partial charge < -0.3 is 19.1 Å². The molecule has 0 atom stereocenters. The van der Waals surface area contributed by atoms with Crippen molar-refractivity contribution in [3.05, 3.63) is 48.5 Å². The van der Waals surface area contributed by atoms with Crippen LogP contribution in [0.25, 0.3) is 11.1 Å². The molecule has 0 bridgehead atoms. The van der Waals surface area contributed by atoms with Crippen LogP contribution in [-0.4, -0.2) is 58.6 Å². The van der Waals surface area contributed by atoms with Crippen molar-refractivity contribution in [1.82, 2.24) is 10.1 Å². The quantitative estimate of drug-likeness (QED) is 0.534. The highest BCUT2D eigenvalue weighted by molar-refractivity contribution is 7.90. The molecular weight excluding hydrogens is 428 g/mol. The first kappa shape index (κ1) is 22.1. The Morgan fingerprint density at radius 3 is 2.16 bits per heavy atom. The second kappa shape index (κ2) is 9.20. The average molecular weight is 457 g/mol. The van der Waals surface area contributed by atoms with E-state index in [1.165, 1.54) is 6.26 Å². The minimum absolute atomic E-state index is 0.324. The van der Waals surface area contributed by atoms with Gasteiger partial charge in [-0.25, -0.2) is 8.42 Å². The number of rotatable bonds is 7. The number of benzene rings is 2. The van der Waals surface area contributed by atoms with Crippen LogP contribution in [0.5, 0.6) is 5.75 Å². The number of ether oxygens (including phenoxy) is 1. The van der Waals surface area contributed by atoms with E-state index < -0.39 is 9.84 Å². The molecule has 3 aromatic rings. The molecule has 32 heavy (non-hydrogen) atoms. The summed E-state index contributed by atoms with van der Waals surface area (Å²) in [7, 11) is 0.569. The zero-order valence-electron chi connectivity index (χ0n) is 18.6. The van der Waals surface area contributed by atoms with Gasteiger partial charge in [0.05, 0.1) is 11.5 Å². The van der Waals surface area contributed by atoms with E-state index in [1.54, 1.807) is 17.0 Å². The molecule has 0 radical (unpaired) electrons. The van der Waals surface area contributed by atoms with Crippen molar-refractivity contribution >= 4 is 21.8 Å². The monoisotopic (exact) mass is 456 g/mol. The Balaban J connectivity index is 1.27. The summed E-state index contributed by atoms with van der Waals surface area (Å²) in [4.78, 5) is 8.69. The number of hydrogen-bond acceptors (Lipinski definition) is 8. The molecule has 0 saturated carbocycles. The number of hydrogen-bond donors (Lipinski definition) is 0. The van der Waals surface area contributed by atoms with Crippen molar-refractivity contribution in [3.63, 3.8) is 0 Å². The number of aromatic nitrogens is 2. The van der Waals surface area contributed by atoms with Gasteiger partial charge >= 0.3 is 6.01 Å². The van der Waals surface area contributed by atoms with Gasteiger partial charge in [-0.15, -0.1) is 0 Å². The Morgan fingerprint density at radius 1 is 1.03 bits per heavy atom. The lowest BCUT2D eigenvalue weighted by molar-refractivity contribution is 0.222. The highest BCUT2D eigenvalue weighted by atomic mass is 32.2. The van der Waals surface area contributed by atoms with Crippen molar-refractivity contribution in [1.29, 1.82) is 0 Å². The molecule has 1 saturated heterocycles. The standard InChI is InChI=1S/C23H28N4O4S/c1-26(2)23-24-22(25-31-23)27-14-12-17(13-15-27)16-30-20-8-4-18(5-9-20)19-6-10-21(11-7-19)32(3,28)29/h4-11,17H,12-16H2,1-3H3. The van der Waals surface area contributed by atoms with Crippen LogP contribution in [0.1, 0.15) is 12.8 Å². The van der Waals surface area contributed by atoms with Crippen LogP contribution in [0.2, 0.25) is 0 Å². The first-order valence-corrected chi connectivity index (χ1v) is 12.5. The number of piperidine rings is 1. The van der Waals surface area contributed by atoms with Gasteiger partial charge in [0.2, 0.25) is 0 Å². The Labute approximate surface area is 188 Å². The van der Waals surface area contributed by atoms with Crippen LogP contribution in [-0.2, 0) is 9.84 Å². The molecule has 9 heteroatoms. The molecule has 0 spiro atoms. The van der Waals surface area contributed by atoms with Crippen LogP contribution in [0.3, 0.4) is 0 Å². The normalized spacial score (nSPS) is 15.0. The topological polar surface area (TPSA) is 88.8 Å². The lowest BCUT2D eigenvalue weighted by atomic mass is 9.98. The maximum absolute atomic E-state index is 11.6. The fourth-order valence-electron chi connectivity index (χ4n) is 3.67. The maximum atomic E-state index is 11.6. The first-order valence-electron chi connectivity index (χ1n) is 10.6. The molecule has 1 aliphatic heterocycles. The van der Waals surface area contributed by atoms with Crippen LogP contribution < -0.4 is 14.5 Å². The minimum Gasteiger partial charge on any atom is -0.493 e. The van der Waals surface area contributed by atoms with Gasteiger partial charge in [-0.3, -0.25) is 0 Å². The van der Waals surface area contributed by atoms with Gasteiger partial charge in [0.1, 0.15) is 5.75 Å². The molecule has 4 rings (SSSR count). The molecule has 1 aliphatic rings. The fourth-order valence-corrected chi connectivity index (χ4v) is 4.30. The molecule has 0 amide bonds. The number of anilines is 2. The molecule has 2 aromatic carbocycles. The zero-order valence-corrected chi connectivity index (χ0v) is 19.4. The van der Waals surface area contributed by atoms with E-state index in [2.05, 4.69) is 15.0 Å². The van der Waals surface area contributed by atoms with Crippen molar-refractivity contribution < 1.29 is 17.7 Å². The van der Waals surface area contributed by atoms with Crippen molar-refractivity contribution in [2.45, 2.75) is 17.7 Å². The average Bonchev–Trinajstić information content (AvgIpc) is 3.29. The lowest BCUT2D eigenvalue weighted by Gasteiger charge is -2.30. The molecule has 170 valence electrons. The molecule has 2 heterocycles. The maximum Gasteiger partial charge on any atom is 0.325 e. The van der Waals surface area contributed by atoms with E-state index in [-0.39, 0.29) is 0 Å². The molecule has 0 aliphatic carbocycles.